The molecular weight excluding hydrogens is 407 g/mol. The van der Waals surface area contributed by atoms with Gasteiger partial charge in [0.15, 0.2) is 5.78 Å². The van der Waals surface area contributed by atoms with Crippen LogP contribution in [0.1, 0.15) is 33.0 Å². The number of esters is 1. The summed E-state index contributed by atoms with van der Waals surface area (Å²) in [6.45, 7) is 1.91. The first-order chi connectivity index (χ1) is 14.1. The lowest BCUT2D eigenvalue weighted by Gasteiger charge is -2.17. The molecule has 0 saturated carbocycles. The fourth-order valence-corrected chi connectivity index (χ4v) is 3.26. The second-order valence-corrected chi connectivity index (χ2v) is 6.64. The zero-order chi connectivity index (χ0) is 21.2. The average Bonchev–Trinajstić information content (AvgIpc) is 2.75. The van der Waals surface area contributed by atoms with Crippen molar-refractivity contribution in [3.05, 3.63) is 106 Å². The number of hydrogen-bond donors (Lipinski definition) is 0. The molecule has 0 aliphatic heterocycles. The molecule has 0 heterocycles. The van der Waals surface area contributed by atoms with E-state index in [-0.39, 0.29) is 12.4 Å². The molecule has 3 aromatic rings. The van der Waals surface area contributed by atoms with Gasteiger partial charge in [-0.2, -0.15) is 0 Å². The van der Waals surface area contributed by atoms with Crippen LogP contribution < -0.4 is 0 Å². The van der Waals surface area contributed by atoms with Crippen LogP contribution in [-0.2, 0) is 20.7 Å². The van der Waals surface area contributed by atoms with Crippen LogP contribution in [0.15, 0.2) is 78.9 Å². The molecule has 3 rings (SSSR count). The van der Waals surface area contributed by atoms with Crippen molar-refractivity contribution in [2.45, 2.75) is 19.4 Å². The van der Waals surface area contributed by atoms with Crippen molar-refractivity contribution in [2.24, 2.45) is 0 Å². The van der Waals surface area contributed by atoms with Gasteiger partial charge in [0.2, 0.25) is 0 Å². The molecular formula is C23H21ClO4P+. The maximum atomic E-state index is 13.3. The number of halogens is 1. The van der Waals surface area contributed by atoms with E-state index in [2.05, 4.69) is 0 Å². The van der Waals surface area contributed by atoms with Gasteiger partial charge in [0.1, 0.15) is 12.5 Å². The number of carbonyl (C=O) groups excluding carboxylic acids is 2. The second kappa shape index (κ2) is 11.3. The highest BCUT2D eigenvalue weighted by atomic mass is 35.5. The molecule has 0 fully saturated rings. The Morgan fingerprint density at radius 2 is 1.48 bits per heavy atom. The summed E-state index contributed by atoms with van der Waals surface area (Å²) in [7, 11) is 1.17. The van der Waals surface area contributed by atoms with Gasteiger partial charge in [0.05, 0.1) is 5.02 Å². The normalized spacial score (nSPS) is 11.0. The zero-order valence-corrected chi connectivity index (χ0v) is 17.8. The van der Waals surface area contributed by atoms with Crippen LogP contribution in [-0.4, -0.2) is 11.8 Å². The predicted octanol–water partition coefficient (Wildman–Crippen LogP) is 5.57. The largest absolute Gasteiger partial charge is 0.460 e. The number of aryl methyl sites for hydroxylation is 1. The summed E-state index contributed by atoms with van der Waals surface area (Å²) < 4.78 is 13.6. The molecule has 29 heavy (non-hydrogen) atoms. The molecule has 6 heteroatoms. The van der Waals surface area contributed by atoms with Crippen LogP contribution >= 0.6 is 20.7 Å². The lowest BCUT2D eigenvalue weighted by molar-refractivity contribution is -0.145. The third-order valence-electron chi connectivity index (χ3n) is 4.32. The number of ether oxygens (including phenoxy) is 1. The molecule has 2 atom stereocenters. The summed E-state index contributed by atoms with van der Waals surface area (Å²) >= 11 is 6.26. The lowest BCUT2D eigenvalue weighted by Crippen LogP contribution is -2.25. The molecule has 0 bridgehead atoms. The van der Waals surface area contributed by atoms with Gasteiger partial charge in [-0.15, -0.1) is 0 Å². The lowest BCUT2D eigenvalue weighted by atomic mass is 9.89. The predicted molar refractivity (Wildman–Crippen MR) is 116 cm³/mol. The van der Waals surface area contributed by atoms with Gasteiger partial charge in [-0.05, 0) is 29.7 Å². The van der Waals surface area contributed by atoms with Crippen LogP contribution in [0.2, 0.25) is 5.02 Å². The highest BCUT2D eigenvalue weighted by Gasteiger charge is 2.32. The number of rotatable bonds is 6. The summed E-state index contributed by atoms with van der Waals surface area (Å²) in [5, 5.41) is 0.330. The Bertz CT molecular complexity index is 941. The molecule has 0 radical (unpaired) electrons. The van der Waals surface area contributed by atoms with E-state index in [9.17, 15) is 9.59 Å². The van der Waals surface area contributed by atoms with E-state index >= 15 is 0 Å². The summed E-state index contributed by atoms with van der Waals surface area (Å²) in [4.78, 5) is 26.1. The minimum atomic E-state index is -1.06. The highest BCUT2D eigenvalue weighted by molar-refractivity contribution is 7.00. The Hall–Kier alpha value is -2.81. The van der Waals surface area contributed by atoms with E-state index in [0.717, 1.165) is 11.1 Å². The van der Waals surface area contributed by atoms with Gasteiger partial charge >= 0.3 is 15.1 Å². The monoisotopic (exact) mass is 427 g/mol. The van der Waals surface area contributed by atoms with Crippen molar-refractivity contribution in [3.8, 4) is 0 Å². The fraction of sp³-hybridized carbons (Fsp3) is 0.130. The topological polar surface area (TPSA) is 60.4 Å². The summed E-state index contributed by atoms with van der Waals surface area (Å²) in [5.74, 6) is -2.01. The zero-order valence-electron chi connectivity index (χ0n) is 15.9. The van der Waals surface area contributed by atoms with Crippen LogP contribution in [0.3, 0.4) is 0 Å². The molecule has 0 amide bonds. The van der Waals surface area contributed by atoms with Gasteiger partial charge in [-0.1, -0.05) is 89.0 Å². The van der Waals surface area contributed by atoms with Crippen LogP contribution in [0.4, 0.5) is 0 Å². The van der Waals surface area contributed by atoms with Gasteiger partial charge < -0.3 is 4.74 Å². The standard InChI is InChI=1S/C23H19ClO3.H2OP/c1-16-9-8-14-19(24)20(16)22(25)21(18-12-6-3-7-13-18)23(26)27-15-17-10-4-2-5-11-17;1-2/h2-14,21H,15H2,1H3;2H2/q;+1. The SMILES string of the molecule is Cc1cccc(Cl)c1C(=O)C(C(=O)OCc1ccccc1)c1ccccc1.O=[PH2+]. The molecule has 3 aromatic carbocycles. The molecule has 0 spiro atoms. The van der Waals surface area contributed by atoms with E-state index in [1.165, 1.54) is 9.12 Å². The number of ketones is 1. The third kappa shape index (κ3) is 5.83. The summed E-state index contributed by atoms with van der Waals surface area (Å²) in [5.41, 5.74) is 2.52. The summed E-state index contributed by atoms with van der Waals surface area (Å²) in [6.07, 6.45) is 0. The van der Waals surface area contributed by atoms with E-state index in [0.29, 0.717) is 16.1 Å². The van der Waals surface area contributed by atoms with Crippen LogP contribution in [0.25, 0.3) is 0 Å². The van der Waals surface area contributed by atoms with Gasteiger partial charge in [-0.25, -0.2) is 0 Å². The summed E-state index contributed by atoms with van der Waals surface area (Å²) in [6, 6.07) is 23.5. The quantitative estimate of drug-likeness (QED) is 0.223. The van der Waals surface area contributed by atoms with E-state index in [1.807, 2.05) is 36.4 Å². The first-order valence-corrected chi connectivity index (χ1v) is 9.71. The highest BCUT2D eigenvalue weighted by Crippen LogP contribution is 2.29. The first-order valence-electron chi connectivity index (χ1n) is 8.86. The van der Waals surface area contributed by atoms with Crippen LogP contribution in [0, 0.1) is 6.92 Å². The number of benzene rings is 3. The van der Waals surface area contributed by atoms with E-state index in [4.69, 9.17) is 20.9 Å². The fourth-order valence-electron chi connectivity index (χ4n) is 2.94. The number of Topliss-reactive ketones (excluding diaryl/α,β-unsaturated/α-hetero) is 1. The van der Waals surface area contributed by atoms with Crippen molar-refractivity contribution in [2.75, 3.05) is 0 Å². The Morgan fingerprint density at radius 3 is 2.07 bits per heavy atom. The Morgan fingerprint density at radius 1 is 0.897 bits per heavy atom. The Kier molecular flexibility index (Phi) is 8.72. The number of carbonyl (C=O) groups is 2. The van der Waals surface area contributed by atoms with Gasteiger partial charge in [-0.3, -0.25) is 9.59 Å². The minimum absolute atomic E-state index is 0.109. The molecule has 0 N–H and O–H groups in total. The molecule has 0 aromatic heterocycles. The van der Waals surface area contributed by atoms with Crippen molar-refractivity contribution >= 4 is 32.5 Å². The molecule has 0 aliphatic rings. The molecule has 0 aliphatic carbocycles. The van der Waals surface area contributed by atoms with Gasteiger partial charge in [0.25, 0.3) is 0 Å². The molecule has 148 valence electrons. The minimum Gasteiger partial charge on any atom is -0.460 e. The van der Waals surface area contributed by atoms with Crippen molar-refractivity contribution in [3.63, 3.8) is 0 Å². The van der Waals surface area contributed by atoms with Crippen molar-refractivity contribution in [1.82, 2.24) is 0 Å². The maximum Gasteiger partial charge on any atom is 0.321 e. The Labute approximate surface area is 177 Å². The molecule has 2 unspecified atom stereocenters. The van der Waals surface area contributed by atoms with E-state index < -0.39 is 11.9 Å². The maximum absolute atomic E-state index is 13.3. The van der Waals surface area contributed by atoms with Crippen molar-refractivity contribution in [1.29, 1.82) is 0 Å². The molecule has 0 saturated heterocycles. The van der Waals surface area contributed by atoms with Crippen molar-refractivity contribution < 1.29 is 18.9 Å². The van der Waals surface area contributed by atoms with Crippen LogP contribution in [0.5, 0.6) is 0 Å². The first kappa shape index (κ1) is 22.5. The third-order valence-corrected chi connectivity index (χ3v) is 4.64. The van der Waals surface area contributed by atoms with Gasteiger partial charge in [0, 0.05) is 5.56 Å². The Balaban J connectivity index is 0.00000145. The average molecular weight is 428 g/mol. The molecule has 4 nitrogen and oxygen atoms in total. The number of hydrogen-bond acceptors (Lipinski definition) is 4. The second-order valence-electron chi connectivity index (χ2n) is 6.23. The smallest absolute Gasteiger partial charge is 0.321 e. The van der Waals surface area contributed by atoms with E-state index in [1.54, 1.807) is 49.4 Å².